The van der Waals surface area contributed by atoms with E-state index >= 15 is 0 Å². The first-order chi connectivity index (χ1) is 8.94. The summed E-state index contributed by atoms with van der Waals surface area (Å²) < 4.78 is 5.61. The molecule has 0 N–H and O–H groups in total. The Kier molecular flexibility index (Phi) is 3.50. The fourth-order valence-corrected chi connectivity index (χ4v) is 5.00. The third kappa shape index (κ3) is 2.38. The van der Waals surface area contributed by atoms with Crippen molar-refractivity contribution in [3.63, 3.8) is 0 Å². The van der Waals surface area contributed by atoms with Gasteiger partial charge in [0.1, 0.15) is 7.85 Å². The smallest absolute Gasteiger partial charge is 0.109 e. The monoisotopic (exact) mass is 263 g/mol. The molecule has 0 radical (unpaired) electrons. The molecule has 3 aliphatic rings. The van der Waals surface area contributed by atoms with Crippen molar-refractivity contribution < 1.29 is 4.74 Å². The van der Waals surface area contributed by atoms with Gasteiger partial charge in [-0.1, -0.05) is 31.5 Å². The molecule has 1 aliphatic carbocycles. The Morgan fingerprint density at radius 3 is 2.53 bits per heavy atom. The largest absolute Gasteiger partial charge is 0.377 e. The van der Waals surface area contributed by atoms with Crippen molar-refractivity contribution in [2.24, 2.45) is 5.92 Å². The van der Waals surface area contributed by atoms with Gasteiger partial charge in [0.2, 0.25) is 0 Å². The standard InChI is InChI=1S/C16H30BNO/c1-12(2)18-14-5-4-7-15(3,17)8-6-13(14)9-16(18)10-19-11-16/h12-14H,4-11,17H2,1-3H3. The van der Waals surface area contributed by atoms with E-state index in [4.69, 9.17) is 4.74 Å². The molecule has 2 nitrogen and oxygen atoms in total. The predicted octanol–water partition coefficient (Wildman–Crippen LogP) is 2.63. The molecule has 0 aromatic carbocycles. The van der Waals surface area contributed by atoms with Gasteiger partial charge in [0, 0.05) is 12.1 Å². The molecule has 3 rings (SSSR count). The van der Waals surface area contributed by atoms with E-state index in [-0.39, 0.29) is 0 Å². The maximum Gasteiger partial charge on any atom is 0.109 e. The van der Waals surface area contributed by atoms with Gasteiger partial charge in [-0.05, 0) is 39.0 Å². The van der Waals surface area contributed by atoms with Gasteiger partial charge in [-0.25, -0.2) is 0 Å². The predicted molar refractivity (Wildman–Crippen MR) is 82.4 cm³/mol. The fourth-order valence-electron chi connectivity index (χ4n) is 5.00. The molecular formula is C16H30BNO. The molecule has 0 aromatic rings. The van der Waals surface area contributed by atoms with Gasteiger partial charge in [0.15, 0.2) is 0 Å². The third-order valence-corrected chi connectivity index (χ3v) is 5.93. The van der Waals surface area contributed by atoms with Gasteiger partial charge in [0.05, 0.1) is 18.8 Å². The molecule has 108 valence electrons. The molecule has 19 heavy (non-hydrogen) atoms. The van der Waals surface area contributed by atoms with Crippen LogP contribution in [0.25, 0.3) is 0 Å². The lowest BCUT2D eigenvalue weighted by molar-refractivity contribution is -0.141. The highest BCUT2D eigenvalue weighted by molar-refractivity contribution is 6.14. The minimum atomic E-state index is 0.415. The van der Waals surface area contributed by atoms with Crippen molar-refractivity contribution in [1.82, 2.24) is 4.90 Å². The van der Waals surface area contributed by atoms with Gasteiger partial charge >= 0.3 is 0 Å². The van der Waals surface area contributed by atoms with Gasteiger partial charge in [-0.3, -0.25) is 4.90 Å². The molecule has 1 saturated carbocycles. The van der Waals surface area contributed by atoms with Crippen molar-refractivity contribution in [2.75, 3.05) is 13.2 Å². The van der Waals surface area contributed by atoms with E-state index in [0.717, 1.165) is 25.2 Å². The Bertz CT molecular complexity index is 338. The van der Waals surface area contributed by atoms with Crippen LogP contribution in [0, 0.1) is 5.92 Å². The molecule has 2 aliphatic heterocycles. The summed E-state index contributed by atoms with van der Waals surface area (Å²) in [6.07, 6.45) is 8.47. The van der Waals surface area contributed by atoms with Crippen LogP contribution in [0.2, 0.25) is 5.31 Å². The topological polar surface area (TPSA) is 12.5 Å². The van der Waals surface area contributed by atoms with E-state index in [1.807, 2.05) is 0 Å². The molecule has 3 atom stereocenters. The van der Waals surface area contributed by atoms with Crippen molar-refractivity contribution in [3.8, 4) is 0 Å². The highest BCUT2D eigenvalue weighted by Gasteiger charge is 2.56. The summed E-state index contributed by atoms with van der Waals surface area (Å²) in [6, 6.07) is 1.51. The number of nitrogens with zero attached hydrogens (tertiary/aromatic N) is 1. The summed E-state index contributed by atoms with van der Waals surface area (Å²) in [4.78, 5) is 2.85. The molecular weight excluding hydrogens is 233 g/mol. The minimum absolute atomic E-state index is 0.415. The van der Waals surface area contributed by atoms with Crippen LogP contribution < -0.4 is 0 Å². The Hall–Kier alpha value is -0.0151. The first-order valence-electron chi connectivity index (χ1n) is 8.30. The molecule has 0 bridgehead atoms. The normalized spacial score (nSPS) is 42.7. The Morgan fingerprint density at radius 1 is 1.21 bits per heavy atom. The van der Waals surface area contributed by atoms with Gasteiger partial charge in [-0.2, -0.15) is 0 Å². The van der Waals surface area contributed by atoms with Crippen molar-refractivity contribution in [2.45, 2.75) is 82.2 Å². The molecule has 1 spiro atoms. The van der Waals surface area contributed by atoms with Crippen LogP contribution in [-0.4, -0.2) is 43.6 Å². The lowest BCUT2D eigenvalue weighted by Crippen LogP contribution is -2.62. The highest BCUT2D eigenvalue weighted by atomic mass is 16.5. The molecule has 0 amide bonds. The Balaban J connectivity index is 1.79. The van der Waals surface area contributed by atoms with Crippen LogP contribution in [0.4, 0.5) is 0 Å². The number of rotatable bonds is 1. The zero-order valence-electron chi connectivity index (χ0n) is 13.2. The van der Waals surface area contributed by atoms with Crippen LogP contribution in [-0.2, 0) is 4.74 Å². The number of hydrogen-bond donors (Lipinski definition) is 0. The summed E-state index contributed by atoms with van der Waals surface area (Å²) in [6.45, 7) is 9.20. The quantitative estimate of drug-likeness (QED) is 0.674. The summed E-state index contributed by atoms with van der Waals surface area (Å²) >= 11 is 0. The molecule has 3 unspecified atom stereocenters. The first-order valence-corrected chi connectivity index (χ1v) is 8.30. The Morgan fingerprint density at radius 2 is 1.95 bits per heavy atom. The van der Waals surface area contributed by atoms with Crippen molar-refractivity contribution >= 4 is 7.85 Å². The van der Waals surface area contributed by atoms with Gasteiger partial charge in [-0.15, -0.1) is 0 Å². The minimum Gasteiger partial charge on any atom is -0.377 e. The summed E-state index contributed by atoms with van der Waals surface area (Å²) in [5, 5.41) is 0.569. The first kappa shape index (κ1) is 13.9. The third-order valence-electron chi connectivity index (χ3n) is 5.93. The zero-order valence-corrected chi connectivity index (χ0v) is 13.2. The zero-order chi connectivity index (χ0) is 13.7. The molecule has 2 saturated heterocycles. The second-order valence-corrected chi connectivity index (χ2v) is 8.34. The van der Waals surface area contributed by atoms with E-state index in [1.54, 1.807) is 0 Å². The number of hydrogen-bond acceptors (Lipinski definition) is 2. The second kappa shape index (κ2) is 4.77. The van der Waals surface area contributed by atoms with E-state index < -0.39 is 0 Å². The number of fused-ring (bicyclic) bond motifs is 1. The van der Waals surface area contributed by atoms with E-state index in [9.17, 15) is 0 Å². The summed E-state index contributed by atoms with van der Waals surface area (Å²) in [5.41, 5.74) is 0.415. The second-order valence-electron chi connectivity index (χ2n) is 8.34. The maximum absolute atomic E-state index is 5.61. The highest BCUT2D eigenvalue weighted by Crippen LogP contribution is 2.50. The van der Waals surface area contributed by atoms with Crippen LogP contribution in [0.5, 0.6) is 0 Å². The summed E-state index contributed by atoms with van der Waals surface area (Å²) in [5.74, 6) is 0.922. The number of ether oxygens (including phenoxy) is 1. The van der Waals surface area contributed by atoms with Crippen LogP contribution in [0.1, 0.15) is 59.3 Å². The van der Waals surface area contributed by atoms with Crippen molar-refractivity contribution in [1.29, 1.82) is 0 Å². The average molecular weight is 263 g/mol. The fraction of sp³-hybridized carbons (Fsp3) is 1.00. The number of likely N-dealkylation sites (tertiary alicyclic amines) is 1. The molecule has 2 heterocycles. The molecule has 3 heteroatoms. The van der Waals surface area contributed by atoms with Crippen LogP contribution >= 0.6 is 0 Å². The Labute approximate surface area is 119 Å². The van der Waals surface area contributed by atoms with E-state index in [2.05, 4.69) is 33.5 Å². The lowest BCUT2D eigenvalue weighted by atomic mass is 9.62. The van der Waals surface area contributed by atoms with E-state index in [0.29, 0.717) is 16.9 Å². The SMILES string of the molecule is BC1(C)CCCC2C(CC1)CC1(COC1)N2C(C)C. The molecule has 0 aromatic heterocycles. The summed E-state index contributed by atoms with van der Waals surface area (Å²) in [7, 11) is 2.46. The van der Waals surface area contributed by atoms with Crippen LogP contribution in [0.15, 0.2) is 0 Å². The lowest BCUT2D eigenvalue weighted by Gasteiger charge is -2.49. The van der Waals surface area contributed by atoms with Crippen LogP contribution in [0.3, 0.4) is 0 Å². The van der Waals surface area contributed by atoms with E-state index in [1.165, 1.54) is 38.5 Å². The molecule has 3 fully saturated rings. The maximum atomic E-state index is 5.61. The van der Waals surface area contributed by atoms with Crippen molar-refractivity contribution in [3.05, 3.63) is 0 Å². The van der Waals surface area contributed by atoms with Gasteiger partial charge in [0.25, 0.3) is 0 Å². The van der Waals surface area contributed by atoms with Gasteiger partial charge < -0.3 is 4.74 Å². The average Bonchev–Trinajstić information content (AvgIpc) is 2.59.